The largest absolute Gasteiger partial charge is 0.493 e. The molecule has 2 rings (SSSR count). The van der Waals surface area contributed by atoms with Crippen LogP contribution < -0.4 is 9.47 Å². The van der Waals surface area contributed by atoms with Gasteiger partial charge in [-0.2, -0.15) is 0 Å². The number of terminal acetylenes is 1. The van der Waals surface area contributed by atoms with Crippen molar-refractivity contribution in [2.75, 3.05) is 34.4 Å². The van der Waals surface area contributed by atoms with Crippen molar-refractivity contribution < 1.29 is 19.0 Å². The molecule has 0 bridgehead atoms. The number of hydrogen-bond donors (Lipinski definition) is 0. The molecule has 0 fully saturated rings. The van der Waals surface area contributed by atoms with Crippen molar-refractivity contribution in [2.24, 2.45) is 0 Å². The van der Waals surface area contributed by atoms with Gasteiger partial charge in [-0.25, -0.2) is 0 Å². The maximum atomic E-state index is 11.8. The van der Waals surface area contributed by atoms with Crippen molar-refractivity contribution in [3.05, 3.63) is 23.3 Å². The van der Waals surface area contributed by atoms with Gasteiger partial charge in [0.25, 0.3) is 0 Å². The third kappa shape index (κ3) is 3.18. The van der Waals surface area contributed by atoms with Crippen molar-refractivity contribution >= 4 is 5.97 Å². The van der Waals surface area contributed by atoms with Crippen LogP contribution in [0.4, 0.5) is 0 Å². The lowest BCUT2D eigenvalue weighted by atomic mass is 9.90. The van der Waals surface area contributed by atoms with Gasteiger partial charge in [0.15, 0.2) is 11.5 Å². The Balaban J connectivity index is 2.44. The Labute approximate surface area is 131 Å². The van der Waals surface area contributed by atoms with Gasteiger partial charge in [-0.1, -0.05) is 5.92 Å². The highest BCUT2D eigenvalue weighted by Gasteiger charge is 2.30. The van der Waals surface area contributed by atoms with Gasteiger partial charge in [-0.15, -0.1) is 6.42 Å². The van der Waals surface area contributed by atoms with E-state index in [9.17, 15) is 4.79 Å². The number of methoxy groups -OCH3 is 3. The van der Waals surface area contributed by atoms with Crippen LogP contribution in [0.2, 0.25) is 0 Å². The van der Waals surface area contributed by atoms with E-state index in [1.807, 2.05) is 12.1 Å². The van der Waals surface area contributed by atoms with Gasteiger partial charge in [0.1, 0.15) is 0 Å². The van der Waals surface area contributed by atoms with Crippen LogP contribution in [0.25, 0.3) is 0 Å². The summed E-state index contributed by atoms with van der Waals surface area (Å²) in [7, 11) is 4.61. The first-order valence-corrected chi connectivity index (χ1v) is 7.13. The zero-order valence-electron chi connectivity index (χ0n) is 13.2. The van der Waals surface area contributed by atoms with E-state index in [-0.39, 0.29) is 18.4 Å². The molecule has 5 heteroatoms. The van der Waals surface area contributed by atoms with E-state index in [1.54, 1.807) is 14.2 Å². The Bertz CT molecular complexity index is 591. The summed E-state index contributed by atoms with van der Waals surface area (Å²) in [6.45, 7) is 1.30. The minimum Gasteiger partial charge on any atom is -0.493 e. The van der Waals surface area contributed by atoms with E-state index in [1.165, 1.54) is 7.11 Å². The molecule has 0 radical (unpaired) electrons. The van der Waals surface area contributed by atoms with Gasteiger partial charge in [-0.05, 0) is 29.7 Å². The molecule has 118 valence electrons. The summed E-state index contributed by atoms with van der Waals surface area (Å²) in [4.78, 5) is 13.9. The third-order valence-corrected chi connectivity index (χ3v) is 4.00. The summed E-state index contributed by atoms with van der Waals surface area (Å²) in [5, 5.41) is 0. The fourth-order valence-electron chi connectivity index (χ4n) is 2.87. The summed E-state index contributed by atoms with van der Waals surface area (Å²) in [6, 6.07) is 3.81. The molecular formula is C17H21NO4. The minimum atomic E-state index is -0.255. The van der Waals surface area contributed by atoms with Crippen molar-refractivity contribution in [1.29, 1.82) is 0 Å². The quantitative estimate of drug-likeness (QED) is 0.613. The van der Waals surface area contributed by atoms with Crippen molar-refractivity contribution in [3.63, 3.8) is 0 Å². The van der Waals surface area contributed by atoms with E-state index in [4.69, 9.17) is 20.6 Å². The third-order valence-electron chi connectivity index (χ3n) is 4.00. The highest BCUT2D eigenvalue weighted by Crippen LogP contribution is 2.39. The monoisotopic (exact) mass is 303 g/mol. The Morgan fingerprint density at radius 1 is 1.32 bits per heavy atom. The average molecular weight is 303 g/mol. The smallest absolute Gasteiger partial charge is 0.307 e. The van der Waals surface area contributed by atoms with E-state index < -0.39 is 0 Å². The molecule has 1 atom stereocenters. The molecule has 0 spiro atoms. The van der Waals surface area contributed by atoms with E-state index in [2.05, 4.69) is 10.8 Å². The van der Waals surface area contributed by atoms with Crippen LogP contribution in [0, 0.1) is 12.3 Å². The normalized spacial score (nSPS) is 17.3. The van der Waals surface area contributed by atoms with Crippen LogP contribution in [0.15, 0.2) is 12.1 Å². The second-order valence-electron chi connectivity index (χ2n) is 5.13. The molecule has 1 unspecified atom stereocenters. The molecule has 0 saturated heterocycles. The predicted octanol–water partition coefficient (Wildman–Crippen LogP) is 1.80. The maximum Gasteiger partial charge on any atom is 0.307 e. The summed E-state index contributed by atoms with van der Waals surface area (Å²) in [6.07, 6.45) is 6.57. The highest BCUT2D eigenvalue weighted by molar-refractivity contribution is 5.70. The Morgan fingerprint density at radius 3 is 2.59 bits per heavy atom. The summed E-state index contributed by atoms with van der Waals surface area (Å²) >= 11 is 0. The van der Waals surface area contributed by atoms with Crippen molar-refractivity contribution in [3.8, 4) is 23.8 Å². The first kappa shape index (κ1) is 16.2. The van der Waals surface area contributed by atoms with E-state index in [0.717, 1.165) is 24.1 Å². The second kappa shape index (κ2) is 7.19. The van der Waals surface area contributed by atoms with Crippen LogP contribution in [0.3, 0.4) is 0 Å². The first-order valence-electron chi connectivity index (χ1n) is 7.13. The minimum absolute atomic E-state index is 0.105. The number of nitrogens with zero attached hydrogens (tertiary/aromatic N) is 1. The van der Waals surface area contributed by atoms with Gasteiger partial charge in [0, 0.05) is 12.6 Å². The molecule has 0 N–H and O–H groups in total. The summed E-state index contributed by atoms with van der Waals surface area (Å²) in [5.41, 5.74) is 2.20. The molecular weight excluding hydrogens is 282 g/mol. The maximum absolute atomic E-state index is 11.8. The SMILES string of the molecule is C#CCN1CCc2cc(OC)c(OC)cc2C1CC(=O)OC. The Morgan fingerprint density at radius 2 is 2.00 bits per heavy atom. The first-order chi connectivity index (χ1) is 10.6. The number of benzene rings is 1. The number of fused-ring (bicyclic) bond motifs is 1. The molecule has 0 saturated carbocycles. The zero-order valence-corrected chi connectivity index (χ0v) is 13.2. The zero-order chi connectivity index (χ0) is 16.1. The standard InChI is InChI=1S/C17H21NO4/c1-5-7-18-8-6-12-9-15(20-2)16(21-3)10-13(12)14(18)11-17(19)22-4/h1,9-10,14H,6-8,11H2,2-4H3. The number of rotatable bonds is 5. The van der Waals surface area contributed by atoms with E-state index in [0.29, 0.717) is 18.0 Å². The molecule has 22 heavy (non-hydrogen) atoms. The number of hydrogen-bond acceptors (Lipinski definition) is 5. The lowest BCUT2D eigenvalue weighted by Gasteiger charge is -2.36. The molecule has 1 aromatic carbocycles. The van der Waals surface area contributed by atoms with Crippen LogP contribution in [0.1, 0.15) is 23.6 Å². The van der Waals surface area contributed by atoms with Gasteiger partial charge in [-0.3, -0.25) is 9.69 Å². The second-order valence-corrected chi connectivity index (χ2v) is 5.13. The van der Waals surface area contributed by atoms with Gasteiger partial charge in [0.05, 0.1) is 34.3 Å². The van der Waals surface area contributed by atoms with Crippen LogP contribution in [0.5, 0.6) is 11.5 Å². The van der Waals surface area contributed by atoms with E-state index >= 15 is 0 Å². The van der Waals surface area contributed by atoms with Gasteiger partial charge < -0.3 is 14.2 Å². The van der Waals surface area contributed by atoms with Crippen LogP contribution in [-0.2, 0) is 16.0 Å². The highest BCUT2D eigenvalue weighted by atomic mass is 16.5. The van der Waals surface area contributed by atoms with Crippen LogP contribution in [-0.4, -0.2) is 45.3 Å². The lowest BCUT2D eigenvalue weighted by molar-refractivity contribution is -0.142. The average Bonchev–Trinajstić information content (AvgIpc) is 2.55. The summed E-state index contributed by atoms with van der Waals surface area (Å²) < 4.78 is 15.6. The van der Waals surface area contributed by atoms with Crippen LogP contribution >= 0.6 is 0 Å². The predicted molar refractivity (Wildman–Crippen MR) is 83.0 cm³/mol. The molecule has 1 aliphatic heterocycles. The molecule has 1 heterocycles. The Hall–Kier alpha value is -2.19. The van der Waals surface area contributed by atoms with Crippen molar-refractivity contribution in [2.45, 2.75) is 18.9 Å². The fraction of sp³-hybridized carbons (Fsp3) is 0.471. The molecule has 0 aliphatic carbocycles. The number of carbonyl (C=O) groups excluding carboxylic acids is 1. The lowest BCUT2D eigenvalue weighted by Crippen LogP contribution is -2.37. The number of ether oxygens (including phenoxy) is 3. The molecule has 1 aromatic rings. The number of esters is 1. The molecule has 0 amide bonds. The molecule has 5 nitrogen and oxygen atoms in total. The Kier molecular flexibility index (Phi) is 5.29. The number of carbonyl (C=O) groups is 1. The molecule has 1 aliphatic rings. The topological polar surface area (TPSA) is 48.0 Å². The van der Waals surface area contributed by atoms with Crippen molar-refractivity contribution in [1.82, 2.24) is 4.90 Å². The molecule has 0 aromatic heterocycles. The fourth-order valence-corrected chi connectivity index (χ4v) is 2.87. The summed E-state index contributed by atoms with van der Waals surface area (Å²) in [5.74, 6) is 3.75. The van der Waals surface area contributed by atoms with Gasteiger partial charge in [0.2, 0.25) is 0 Å². The van der Waals surface area contributed by atoms with Gasteiger partial charge >= 0.3 is 5.97 Å².